The molecule has 2 heterocycles. The van der Waals surface area contributed by atoms with Crippen LogP contribution in [-0.4, -0.2) is 43.9 Å². The fraction of sp³-hybridized carbons (Fsp3) is 1.00. The second-order valence-corrected chi connectivity index (χ2v) is 4.27. The van der Waals surface area contributed by atoms with E-state index in [1.165, 1.54) is 43.4 Å². The van der Waals surface area contributed by atoms with Gasteiger partial charge in [0.05, 0.1) is 26.7 Å². The Morgan fingerprint density at radius 1 is 1.25 bits per heavy atom. The summed E-state index contributed by atoms with van der Waals surface area (Å²) in [5.74, 6) is 0. The van der Waals surface area contributed by atoms with Crippen LogP contribution >= 0.6 is 0 Å². The fourth-order valence-corrected chi connectivity index (χ4v) is 2.12. The summed E-state index contributed by atoms with van der Waals surface area (Å²) in [5, 5.41) is 0. The molecule has 0 aliphatic carbocycles. The van der Waals surface area contributed by atoms with E-state index in [1.54, 1.807) is 0 Å². The number of nitrogens with zero attached hydrogens (tertiary/aromatic N) is 1. The predicted molar refractivity (Wildman–Crippen MR) is 44.4 cm³/mol. The molecule has 1 unspecified atom stereocenters. The third-order valence-corrected chi connectivity index (χ3v) is 2.94. The summed E-state index contributed by atoms with van der Waals surface area (Å²) in [4.78, 5) is 0. The number of hydrogen-bond donors (Lipinski definition) is 0. The molecule has 2 fully saturated rings. The Morgan fingerprint density at radius 3 is 2.33 bits per heavy atom. The second kappa shape index (κ2) is 3.95. The maximum atomic E-state index is 5.26. The quantitative estimate of drug-likeness (QED) is 0.364. The number of ether oxygens (including phenoxy) is 1. The third kappa shape index (κ3) is 2.61. The van der Waals surface area contributed by atoms with Gasteiger partial charge >= 0.3 is 0 Å². The molecular weight excluding hydrogens is 174 g/mol. The van der Waals surface area contributed by atoms with Crippen molar-refractivity contribution in [2.24, 2.45) is 0 Å². The highest BCUT2D eigenvalue weighted by atomic mass is 35.5. The van der Waals surface area contributed by atoms with Gasteiger partial charge in [0.25, 0.3) is 0 Å². The molecule has 2 nitrogen and oxygen atoms in total. The molecule has 72 valence electrons. The monoisotopic (exact) mass is 191 g/mol. The van der Waals surface area contributed by atoms with Gasteiger partial charge in [0.15, 0.2) is 0 Å². The Kier molecular flexibility index (Phi) is 3.38. The molecule has 0 saturated carbocycles. The lowest BCUT2D eigenvalue weighted by Gasteiger charge is -2.37. The van der Waals surface area contributed by atoms with Gasteiger partial charge in [0.2, 0.25) is 0 Å². The molecule has 0 aromatic rings. The molecule has 2 saturated heterocycles. The van der Waals surface area contributed by atoms with E-state index in [0.29, 0.717) is 6.10 Å². The first-order valence-electron chi connectivity index (χ1n) is 4.74. The fourth-order valence-electron chi connectivity index (χ4n) is 2.12. The van der Waals surface area contributed by atoms with Crippen molar-refractivity contribution in [1.29, 1.82) is 0 Å². The SMILES string of the molecule is C[N+]1(CC2CO2)CCCCC1.[Cl-]. The zero-order chi connectivity index (χ0) is 7.73. The van der Waals surface area contributed by atoms with Crippen molar-refractivity contribution in [1.82, 2.24) is 0 Å². The number of epoxide rings is 1. The van der Waals surface area contributed by atoms with Crippen molar-refractivity contribution in [3.63, 3.8) is 0 Å². The van der Waals surface area contributed by atoms with Gasteiger partial charge in [-0.2, -0.15) is 0 Å². The molecule has 0 aromatic carbocycles. The van der Waals surface area contributed by atoms with Crippen LogP contribution < -0.4 is 12.4 Å². The number of likely N-dealkylation sites (N-methyl/N-ethyl adjacent to an activating group) is 1. The van der Waals surface area contributed by atoms with Crippen molar-refractivity contribution >= 4 is 0 Å². The van der Waals surface area contributed by atoms with Gasteiger partial charge in [0, 0.05) is 0 Å². The third-order valence-electron chi connectivity index (χ3n) is 2.94. The Balaban J connectivity index is 0.000000720. The molecule has 2 aliphatic heterocycles. The average Bonchev–Trinajstić information content (AvgIpc) is 2.72. The van der Waals surface area contributed by atoms with E-state index >= 15 is 0 Å². The largest absolute Gasteiger partial charge is 1.00 e. The van der Waals surface area contributed by atoms with Crippen LogP contribution in [0.5, 0.6) is 0 Å². The minimum Gasteiger partial charge on any atom is -1.00 e. The first-order chi connectivity index (χ1) is 5.29. The first-order valence-corrected chi connectivity index (χ1v) is 4.74. The minimum absolute atomic E-state index is 0. The molecule has 1 atom stereocenters. The number of quaternary nitrogens is 1. The lowest BCUT2D eigenvalue weighted by Crippen LogP contribution is -3.00. The lowest BCUT2D eigenvalue weighted by molar-refractivity contribution is -0.914. The van der Waals surface area contributed by atoms with Gasteiger partial charge < -0.3 is 21.6 Å². The Bertz CT molecular complexity index is 141. The molecule has 0 spiro atoms. The van der Waals surface area contributed by atoms with E-state index in [0.717, 1.165) is 6.61 Å². The second-order valence-electron chi connectivity index (χ2n) is 4.27. The Morgan fingerprint density at radius 2 is 1.83 bits per heavy atom. The predicted octanol–water partition coefficient (Wildman–Crippen LogP) is -1.98. The van der Waals surface area contributed by atoms with Gasteiger partial charge in [-0.05, 0) is 19.3 Å². The lowest BCUT2D eigenvalue weighted by atomic mass is 10.1. The zero-order valence-corrected chi connectivity index (χ0v) is 8.52. The van der Waals surface area contributed by atoms with Crippen LogP contribution in [0.1, 0.15) is 19.3 Å². The number of piperidine rings is 1. The van der Waals surface area contributed by atoms with Gasteiger partial charge in [-0.3, -0.25) is 0 Å². The average molecular weight is 192 g/mol. The summed E-state index contributed by atoms with van der Waals surface area (Å²) in [7, 11) is 2.38. The van der Waals surface area contributed by atoms with Gasteiger partial charge in [-0.1, -0.05) is 0 Å². The van der Waals surface area contributed by atoms with Crippen molar-refractivity contribution in [2.75, 3.05) is 33.3 Å². The molecule has 0 amide bonds. The minimum atomic E-state index is 0. The van der Waals surface area contributed by atoms with E-state index in [2.05, 4.69) is 7.05 Å². The van der Waals surface area contributed by atoms with E-state index in [-0.39, 0.29) is 12.4 Å². The molecule has 0 N–H and O–H groups in total. The summed E-state index contributed by atoms with van der Waals surface area (Å²) in [6.45, 7) is 5.04. The molecule has 2 aliphatic rings. The number of likely N-dealkylation sites (tertiary alicyclic amines) is 1. The first kappa shape index (κ1) is 10.3. The Hall–Kier alpha value is 0.210. The maximum absolute atomic E-state index is 5.26. The molecule has 0 radical (unpaired) electrons. The van der Waals surface area contributed by atoms with Crippen molar-refractivity contribution in [3.05, 3.63) is 0 Å². The van der Waals surface area contributed by atoms with Crippen LogP contribution in [0.2, 0.25) is 0 Å². The van der Waals surface area contributed by atoms with E-state index in [9.17, 15) is 0 Å². The van der Waals surface area contributed by atoms with E-state index in [4.69, 9.17) is 4.74 Å². The standard InChI is InChI=1S/C9H18NO.ClH/c1-10(7-9-8-11-9)5-3-2-4-6-10;/h9H,2-8H2,1H3;1H/q+1;/p-1. The van der Waals surface area contributed by atoms with Crippen molar-refractivity contribution in [3.8, 4) is 0 Å². The summed E-state index contributed by atoms with van der Waals surface area (Å²) in [6.07, 6.45) is 4.89. The van der Waals surface area contributed by atoms with E-state index < -0.39 is 0 Å². The van der Waals surface area contributed by atoms with Crippen molar-refractivity contribution in [2.45, 2.75) is 25.4 Å². The van der Waals surface area contributed by atoms with E-state index in [1.807, 2.05) is 0 Å². The van der Waals surface area contributed by atoms with Gasteiger partial charge in [-0.25, -0.2) is 0 Å². The van der Waals surface area contributed by atoms with Crippen LogP contribution in [-0.2, 0) is 4.74 Å². The van der Waals surface area contributed by atoms with Crippen molar-refractivity contribution < 1.29 is 21.6 Å². The van der Waals surface area contributed by atoms with Crippen LogP contribution in [0.4, 0.5) is 0 Å². The molecule has 0 bridgehead atoms. The van der Waals surface area contributed by atoms with Crippen LogP contribution in [0.15, 0.2) is 0 Å². The smallest absolute Gasteiger partial charge is 0.130 e. The van der Waals surface area contributed by atoms with Crippen LogP contribution in [0, 0.1) is 0 Å². The number of halogens is 1. The number of rotatable bonds is 2. The zero-order valence-electron chi connectivity index (χ0n) is 7.76. The highest BCUT2D eigenvalue weighted by molar-refractivity contribution is 4.69. The summed E-state index contributed by atoms with van der Waals surface area (Å²) in [6, 6.07) is 0. The summed E-state index contributed by atoms with van der Waals surface area (Å²) >= 11 is 0. The van der Waals surface area contributed by atoms with Gasteiger partial charge in [0.1, 0.15) is 12.6 Å². The molecular formula is C9H18ClNO. The molecule has 0 aromatic heterocycles. The molecule has 2 rings (SSSR count). The highest BCUT2D eigenvalue weighted by Crippen LogP contribution is 2.21. The van der Waals surface area contributed by atoms with Crippen LogP contribution in [0.25, 0.3) is 0 Å². The van der Waals surface area contributed by atoms with Gasteiger partial charge in [-0.15, -0.1) is 0 Å². The molecule has 12 heavy (non-hydrogen) atoms. The number of hydrogen-bond acceptors (Lipinski definition) is 1. The highest BCUT2D eigenvalue weighted by Gasteiger charge is 2.34. The summed E-state index contributed by atoms with van der Waals surface area (Å²) < 4.78 is 6.53. The normalized spacial score (nSPS) is 32.2. The summed E-state index contributed by atoms with van der Waals surface area (Å²) in [5.41, 5.74) is 0. The molecule has 3 heteroatoms. The maximum Gasteiger partial charge on any atom is 0.130 e. The Labute approximate surface area is 80.9 Å². The topological polar surface area (TPSA) is 12.5 Å². The van der Waals surface area contributed by atoms with Crippen LogP contribution in [0.3, 0.4) is 0 Å².